The Morgan fingerprint density at radius 3 is 2.45 bits per heavy atom. The molecule has 1 N–H and O–H groups in total. The van der Waals surface area contributed by atoms with Crippen molar-refractivity contribution >= 4 is 49.1 Å². The summed E-state index contributed by atoms with van der Waals surface area (Å²) < 4.78 is 73.7. The highest BCUT2D eigenvalue weighted by atomic mass is 79.9. The quantitative estimate of drug-likeness (QED) is 0.306. The number of furan rings is 1. The molecule has 0 unspecified atom stereocenters. The van der Waals surface area contributed by atoms with Crippen molar-refractivity contribution in [1.82, 2.24) is 14.6 Å². The number of rotatable bonds is 3. The van der Waals surface area contributed by atoms with Crippen LogP contribution in [0.3, 0.4) is 0 Å². The second kappa shape index (κ2) is 7.71. The lowest BCUT2D eigenvalue weighted by Gasteiger charge is -2.10. The van der Waals surface area contributed by atoms with E-state index in [2.05, 4.69) is 47.3 Å². The maximum Gasteiger partial charge on any atom is 0.433 e. The van der Waals surface area contributed by atoms with Gasteiger partial charge in [-0.3, -0.25) is 4.79 Å². The number of carbonyl (C=O) groups excluding carboxylic acids is 1. The van der Waals surface area contributed by atoms with Gasteiger partial charge in [-0.05, 0) is 62.2 Å². The maximum absolute atomic E-state index is 13.8. The summed E-state index contributed by atoms with van der Waals surface area (Å²) >= 11 is 6.11. The van der Waals surface area contributed by atoms with E-state index in [1.165, 1.54) is 12.1 Å². The Morgan fingerprint density at radius 2 is 1.84 bits per heavy atom. The zero-order valence-corrected chi connectivity index (χ0v) is 17.9. The Balaban J connectivity index is 1.84. The SMILES string of the molecule is O=C(Nc1ccc(F)cc1F)c1nn2c(C(F)(F)F)cc(-c3ccc(Br)o3)nc2c1Br. The molecule has 1 amide bonds. The van der Waals surface area contributed by atoms with Crippen LogP contribution in [0.25, 0.3) is 17.1 Å². The third-order valence-electron chi connectivity index (χ3n) is 4.04. The molecule has 0 aliphatic carbocycles. The normalized spacial score (nSPS) is 11.8. The predicted molar refractivity (Wildman–Crippen MR) is 105 cm³/mol. The molecule has 0 radical (unpaired) electrons. The standard InChI is InChI=1S/C18H7Br2F5N4O2/c19-13-4-3-11(31-13)10-6-12(18(23,24)25)29-16(26-10)14(20)15(28-29)17(30)27-9-2-1-7(21)5-8(9)22/h1-6H,(H,27,30). The maximum atomic E-state index is 13.8. The van der Waals surface area contributed by atoms with Crippen molar-refractivity contribution in [2.24, 2.45) is 0 Å². The highest BCUT2D eigenvalue weighted by Crippen LogP contribution is 2.35. The van der Waals surface area contributed by atoms with Gasteiger partial charge in [-0.15, -0.1) is 0 Å². The average molecular weight is 566 g/mol. The van der Waals surface area contributed by atoms with Crippen LogP contribution in [0, 0.1) is 11.6 Å². The summed E-state index contributed by atoms with van der Waals surface area (Å²) in [5.41, 5.74) is -2.54. The van der Waals surface area contributed by atoms with Gasteiger partial charge in [0.1, 0.15) is 17.3 Å². The first-order valence-corrected chi connectivity index (χ1v) is 9.82. The Bertz CT molecular complexity index is 1330. The minimum Gasteiger partial charge on any atom is -0.448 e. The van der Waals surface area contributed by atoms with Crippen LogP contribution in [0.5, 0.6) is 0 Å². The lowest BCUT2D eigenvalue weighted by atomic mass is 10.2. The van der Waals surface area contributed by atoms with E-state index < -0.39 is 35.1 Å². The van der Waals surface area contributed by atoms with Gasteiger partial charge < -0.3 is 9.73 Å². The number of nitrogens with one attached hydrogen (secondary N) is 1. The number of hydrogen-bond acceptors (Lipinski definition) is 4. The molecule has 1 aromatic carbocycles. The number of nitrogens with zero attached hydrogens (tertiary/aromatic N) is 3. The molecule has 3 aromatic heterocycles. The van der Waals surface area contributed by atoms with Gasteiger partial charge in [0.05, 0.1) is 10.2 Å². The fourth-order valence-corrected chi connectivity index (χ4v) is 3.51. The van der Waals surface area contributed by atoms with Crippen LogP contribution in [0.2, 0.25) is 0 Å². The molecule has 4 aromatic rings. The highest BCUT2D eigenvalue weighted by molar-refractivity contribution is 9.10. The first-order chi connectivity index (χ1) is 14.5. The number of carbonyl (C=O) groups is 1. The molecule has 0 saturated carbocycles. The zero-order chi connectivity index (χ0) is 22.5. The minimum absolute atomic E-state index is 0.0485. The molecule has 0 atom stereocenters. The fraction of sp³-hybridized carbons (Fsp3) is 0.0556. The molecule has 0 aliphatic rings. The van der Waals surface area contributed by atoms with Crippen LogP contribution in [0.1, 0.15) is 16.2 Å². The van der Waals surface area contributed by atoms with Gasteiger partial charge in [0, 0.05) is 6.07 Å². The summed E-state index contributed by atoms with van der Waals surface area (Å²) in [5, 5.41) is 5.84. The molecule has 6 nitrogen and oxygen atoms in total. The number of benzene rings is 1. The van der Waals surface area contributed by atoms with E-state index >= 15 is 0 Å². The van der Waals surface area contributed by atoms with Crippen molar-refractivity contribution in [1.29, 1.82) is 0 Å². The van der Waals surface area contributed by atoms with Crippen molar-refractivity contribution < 1.29 is 31.2 Å². The summed E-state index contributed by atoms with van der Waals surface area (Å²) in [5.74, 6) is -2.90. The van der Waals surface area contributed by atoms with Gasteiger partial charge in [-0.1, -0.05) is 0 Å². The van der Waals surface area contributed by atoms with E-state index in [9.17, 15) is 26.7 Å². The summed E-state index contributed by atoms with van der Waals surface area (Å²) in [6.07, 6.45) is -4.85. The fourth-order valence-electron chi connectivity index (χ4n) is 2.69. The number of hydrogen-bond donors (Lipinski definition) is 1. The van der Waals surface area contributed by atoms with Crippen molar-refractivity contribution in [3.8, 4) is 11.5 Å². The van der Waals surface area contributed by atoms with E-state index in [1.54, 1.807) is 0 Å². The minimum atomic E-state index is -4.85. The van der Waals surface area contributed by atoms with Gasteiger partial charge in [0.2, 0.25) is 0 Å². The molecule has 0 aliphatic heterocycles. The average Bonchev–Trinajstić information content (AvgIpc) is 3.26. The summed E-state index contributed by atoms with van der Waals surface area (Å²) in [6.45, 7) is 0. The second-order valence-electron chi connectivity index (χ2n) is 6.10. The van der Waals surface area contributed by atoms with Crippen LogP contribution >= 0.6 is 31.9 Å². The smallest absolute Gasteiger partial charge is 0.433 e. The van der Waals surface area contributed by atoms with Crippen molar-refractivity contribution in [3.05, 3.63) is 68.6 Å². The number of halogens is 7. The topological polar surface area (TPSA) is 72.4 Å². The lowest BCUT2D eigenvalue weighted by Crippen LogP contribution is -2.16. The van der Waals surface area contributed by atoms with Crippen molar-refractivity contribution in [2.45, 2.75) is 6.18 Å². The highest BCUT2D eigenvalue weighted by Gasteiger charge is 2.37. The van der Waals surface area contributed by atoms with Gasteiger partial charge in [0.15, 0.2) is 27.5 Å². The van der Waals surface area contributed by atoms with Gasteiger partial charge in [-0.2, -0.15) is 18.3 Å². The van der Waals surface area contributed by atoms with Crippen molar-refractivity contribution in [2.75, 3.05) is 5.32 Å². The molecule has 160 valence electrons. The molecular formula is C18H7Br2F5N4O2. The van der Waals surface area contributed by atoms with E-state index in [0.29, 0.717) is 10.6 Å². The molecule has 0 bridgehead atoms. The lowest BCUT2D eigenvalue weighted by molar-refractivity contribution is -0.142. The monoisotopic (exact) mass is 564 g/mol. The van der Waals surface area contributed by atoms with Crippen LogP contribution in [-0.4, -0.2) is 20.5 Å². The molecular weight excluding hydrogens is 559 g/mol. The molecule has 3 heterocycles. The Labute approximate surface area is 186 Å². The number of alkyl halides is 3. The first kappa shape index (κ1) is 21.4. The van der Waals surface area contributed by atoms with Crippen LogP contribution in [-0.2, 0) is 6.18 Å². The Hall–Kier alpha value is -2.80. The van der Waals surface area contributed by atoms with Gasteiger partial charge in [0.25, 0.3) is 5.91 Å². The van der Waals surface area contributed by atoms with E-state index in [1.807, 2.05) is 0 Å². The van der Waals surface area contributed by atoms with E-state index in [4.69, 9.17) is 4.42 Å². The van der Waals surface area contributed by atoms with Gasteiger partial charge in [-0.25, -0.2) is 18.3 Å². The van der Waals surface area contributed by atoms with Crippen molar-refractivity contribution in [3.63, 3.8) is 0 Å². The molecule has 0 saturated heterocycles. The van der Waals surface area contributed by atoms with E-state index in [0.717, 1.165) is 18.2 Å². The predicted octanol–water partition coefficient (Wildman–Crippen LogP) is 6.06. The van der Waals surface area contributed by atoms with Crippen LogP contribution in [0.15, 0.2) is 50.0 Å². The number of anilines is 1. The number of amides is 1. The molecule has 13 heteroatoms. The molecule has 0 spiro atoms. The van der Waals surface area contributed by atoms with Crippen LogP contribution in [0.4, 0.5) is 27.6 Å². The van der Waals surface area contributed by atoms with Gasteiger partial charge >= 0.3 is 6.18 Å². The molecule has 4 rings (SSSR count). The summed E-state index contributed by atoms with van der Waals surface area (Å²) in [6, 6.07) is 6.05. The molecule has 0 fully saturated rings. The zero-order valence-electron chi connectivity index (χ0n) is 14.8. The second-order valence-corrected chi connectivity index (χ2v) is 7.68. The van der Waals surface area contributed by atoms with Crippen LogP contribution < -0.4 is 5.32 Å². The Kier molecular flexibility index (Phi) is 5.33. The first-order valence-electron chi connectivity index (χ1n) is 8.23. The largest absolute Gasteiger partial charge is 0.448 e. The van der Waals surface area contributed by atoms with E-state index in [-0.39, 0.29) is 31.9 Å². The molecule has 31 heavy (non-hydrogen) atoms. The number of aromatic nitrogens is 3. The third-order valence-corrected chi connectivity index (χ3v) is 5.20. The number of fused-ring (bicyclic) bond motifs is 1. The third kappa shape index (κ3) is 4.06. The Morgan fingerprint density at radius 1 is 1.10 bits per heavy atom. The summed E-state index contributed by atoms with van der Waals surface area (Å²) in [4.78, 5) is 16.7. The summed E-state index contributed by atoms with van der Waals surface area (Å²) in [7, 11) is 0.